The fourth-order valence-electron chi connectivity index (χ4n) is 3.53. The standard InChI is InChI=1S/C24H27NO.ClH/c1-20(19-21-11-5-2-6-12-21)25-18-17-24(26,22-13-7-3-8-14-22)23-15-9-4-10-16-23;/h2-16,20,25-26H,17-19H2,1H3;1H. The Morgan fingerprint density at radius 3 is 1.70 bits per heavy atom. The summed E-state index contributed by atoms with van der Waals surface area (Å²) in [6.07, 6.45) is 1.72. The first-order valence-electron chi connectivity index (χ1n) is 9.39. The van der Waals surface area contributed by atoms with Crippen molar-refractivity contribution in [1.29, 1.82) is 0 Å². The number of rotatable bonds is 8. The quantitative estimate of drug-likeness (QED) is 0.586. The van der Waals surface area contributed by atoms with E-state index in [-0.39, 0.29) is 12.4 Å². The molecule has 3 aromatic rings. The minimum absolute atomic E-state index is 0. The van der Waals surface area contributed by atoms with E-state index in [0.29, 0.717) is 12.5 Å². The van der Waals surface area contributed by atoms with Crippen molar-refractivity contribution in [2.45, 2.75) is 31.4 Å². The predicted molar refractivity (Wildman–Crippen MR) is 107 cm³/mol. The van der Waals surface area contributed by atoms with Crippen molar-refractivity contribution >= 4 is 0 Å². The van der Waals surface area contributed by atoms with Crippen molar-refractivity contribution < 1.29 is 22.8 Å². The number of nitrogens with two attached hydrogens (primary N) is 1. The summed E-state index contributed by atoms with van der Waals surface area (Å²) in [5.41, 5.74) is 2.31. The van der Waals surface area contributed by atoms with Gasteiger partial charge in [-0.3, -0.25) is 0 Å². The van der Waals surface area contributed by atoms with E-state index in [4.69, 9.17) is 0 Å². The molecular weight excluding hydrogens is 354 g/mol. The Balaban J connectivity index is 0.00000261. The highest BCUT2D eigenvalue weighted by Gasteiger charge is 2.31. The minimum atomic E-state index is -0.953. The molecule has 27 heavy (non-hydrogen) atoms. The zero-order valence-corrected chi connectivity index (χ0v) is 16.5. The molecule has 1 atom stereocenters. The van der Waals surface area contributed by atoms with Crippen LogP contribution in [0.3, 0.4) is 0 Å². The van der Waals surface area contributed by atoms with Crippen molar-refractivity contribution in [2.75, 3.05) is 6.54 Å². The molecule has 1 unspecified atom stereocenters. The molecule has 142 valence electrons. The van der Waals surface area contributed by atoms with Gasteiger partial charge in [-0.25, -0.2) is 0 Å². The molecule has 0 spiro atoms. The first-order valence-corrected chi connectivity index (χ1v) is 9.39. The van der Waals surface area contributed by atoms with Gasteiger partial charge in [-0.2, -0.15) is 0 Å². The first-order chi connectivity index (χ1) is 12.7. The van der Waals surface area contributed by atoms with E-state index < -0.39 is 5.60 Å². The van der Waals surface area contributed by atoms with E-state index >= 15 is 0 Å². The van der Waals surface area contributed by atoms with Crippen molar-refractivity contribution in [2.24, 2.45) is 0 Å². The van der Waals surface area contributed by atoms with Gasteiger partial charge in [0.2, 0.25) is 0 Å². The van der Waals surface area contributed by atoms with Gasteiger partial charge in [0.05, 0.1) is 12.6 Å². The number of quaternary nitrogens is 1. The Kier molecular flexibility index (Phi) is 8.05. The number of benzene rings is 3. The summed E-state index contributed by atoms with van der Waals surface area (Å²) in [6.45, 7) is 3.12. The smallest absolute Gasteiger partial charge is 0.120 e. The van der Waals surface area contributed by atoms with Gasteiger partial charge in [0, 0.05) is 12.8 Å². The van der Waals surface area contributed by atoms with Gasteiger partial charge in [0.25, 0.3) is 0 Å². The van der Waals surface area contributed by atoms with Crippen LogP contribution in [-0.4, -0.2) is 17.7 Å². The van der Waals surface area contributed by atoms with E-state index in [1.165, 1.54) is 5.56 Å². The summed E-state index contributed by atoms with van der Waals surface area (Å²) in [5, 5.41) is 13.9. The maximum atomic E-state index is 11.5. The van der Waals surface area contributed by atoms with E-state index in [9.17, 15) is 5.11 Å². The molecule has 0 aromatic heterocycles. The highest BCUT2D eigenvalue weighted by molar-refractivity contribution is 5.35. The highest BCUT2D eigenvalue weighted by Crippen LogP contribution is 2.32. The lowest BCUT2D eigenvalue weighted by atomic mass is 9.83. The maximum Gasteiger partial charge on any atom is 0.120 e. The molecule has 3 N–H and O–H groups in total. The van der Waals surface area contributed by atoms with Crippen molar-refractivity contribution in [1.82, 2.24) is 0 Å². The third kappa shape index (κ3) is 5.67. The zero-order valence-electron chi connectivity index (χ0n) is 15.8. The Hall–Kier alpha value is -2.13. The normalized spacial score (nSPS) is 12.2. The monoisotopic (exact) mass is 381 g/mol. The Morgan fingerprint density at radius 1 is 0.778 bits per heavy atom. The second kappa shape index (κ2) is 10.3. The van der Waals surface area contributed by atoms with Crippen LogP contribution in [0.2, 0.25) is 0 Å². The van der Waals surface area contributed by atoms with Crippen LogP contribution < -0.4 is 17.7 Å². The molecule has 0 saturated heterocycles. The number of halogens is 1. The summed E-state index contributed by atoms with van der Waals surface area (Å²) < 4.78 is 0. The van der Waals surface area contributed by atoms with Crippen LogP contribution in [0.25, 0.3) is 0 Å². The van der Waals surface area contributed by atoms with Crippen LogP contribution in [0.15, 0.2) is 91.0 Å². The molecule has 3 aromatic carbocycles. The molecule has 0 saturated carbocycles. The van der Waals surface area contributed by atoms with Gasteiger partial charge in [-0.05, 0) is 23.6 Å². The van der Waals surface area contributed by atoms with Gasteiger partial charge in [-0.15, -0.1) is 0 Å². The van der Waals surface area contributed by atoms with Gasteiger partial charge in [-0.1, -0.05) is 91.0 Å². The Morgan fingerprint density at radius 2 is 1.22 bits per heavy atom. The van der Waals surface area contributed by atoms with Crippen LogP contribution in [0.5, 0.6) is 0 Å². The summed E-state index contributed by atoms with van der Waals surface area (Å²) in [5.74, 6) is 0. The molecule has 2 nitrogen and oxygen atoms in total. The highest BCUT2D eigenvalue weighted by atomic mass is 35.5. The van der Waals surface area contributed by atoms with Gasteiger partial charge >= 0.3 is 0 Å². The third-order valence-corrected chi connectivity index (χ3v) is 4.98. The maximum absolute atomic E-state index is 11.5. The molecule has 3 heteroatoms. The summed E-state index contributed by atoms with van der Waals surface area (Å²) in [4.78, 5) is 0. The SMILES string of the molecule is CC(Cc1ccccc1)[NH2+]CCC(O)(c1ccccc1)c1ccccc1.[Cl-]. The lowest BCUT2D eigenvalue weighted by molar-refractivity contribution is -0.687. The minimum Gasteiger partial charge on any atom is -1.00 e. The van der Waals surface area contributed by atoms with Crippen LogP contribution in [0.4, 0.5) is 0 Å². The number of aliphatic hydroxyl groups is 1. The Labute approximate surface area is 168 Å². The Bertz CT molecular complexity index is 738. The summed E-state index contributed by atoms with van der Waals surface area (Å²) >= 11 is 0. The van der Waals surface area contributed by atoms with Crippen LogP contribution >= 0.6 is 0 Å². The van der Waals surface area contributed by atoms with E-state index in [2.05, 4.69) is 42.6 Å². The van der Waals surface area contributed by atoms with Gasteiger partial charge in [0.15, 0.2) is 0 Å². The third-order valence-electron chi connectivity index (χ3n) is 4.98. The molecule has 0 amide bonds. The molecule has 0 radical (unpaired) electrons. The van der Waals surface area contributed by atoms with Crippen LogP contribution in [0, 0.1) is 0 Å². The van der Waals surface area contributed by atoms with Crippen LogP contribution in [-0.2, 0) is 12.0 Å². The topological polar surface area (TPSA) is 36.8 Å². The van der Waals surface area contributed by atoms with Crippen molar-refractivity contribution in [3.8, 4) is 0 Å². The van der Waals surface area contributed by atoms with E-state index in [0.717, 1.165) is 24.1 Å². The average molecular weight is 382 g/mol. The molecule has 3 rings (SSSR count). The predicted octanol–water partition coefficient (Wildman–Crippen LogP) is 0.511. The zero-order chi connectivity index (χ0) is 18.2. The molecule has 0 aliphatic heterocycles. The van der Waals surface area contributed by atoms with E-state index in [1.807, 2.05) is 60.7 Å². The molecule has 0 fully saturated rings. The van der Waals surface area contributed by atoms with Gasteiger partial charge < -0.3 is 22.8 Å². The lowest BCUT2D eigenvalue weighted by Gasteiger charge is -2.29. The van der Waals surface area contributed by atoms with Crippen molar-refractivity contribution in [3.63, 3.8) is 0 Å². The molecular formula is C24H28ClNO. The summed E-state index contributed by atoms with van der Waals surface area (Å²) in [6, 6.07) is 31.1. The second-order valence-corrected chi connectivity index (χ2v) is 7.03. The second-order valence-electron chi connectivity index (χ2n) is 7.03. The van der Waals surface area contributed by atoms with Crippen LogP contribution in [0.1, 0.15) is 30.0 Å². The number of hydrogen-bond acceptors (Lipinski definition) is 1. The fraction of sp³-hybridized carbons (Fsp3) is 0.250. The fourth-order valence-corrected chi connectivity index (χ4v) is 3.53. The summed E-state index contributed by atoms with van der Waals surface area (Å²) in [7, 11) is 0. The molecule has 0 bridgehead atoms. The molecule has 0 aliphatic rings. The largest absolute Gasteiger partial charge is 1.00 e. The van der Waals surface area contributed by atoms with Crippen molar-refractivity contribution in [3.05, 3.63) is 108 Å². The lowest BCUT2D eigenvalue weighted by Crippen LogP contribution is -3.00. The van der Waals surface area contributed by atoms with E-state index in [1.54, 1.807) is 0 Å². The molecule has 0 heterocycles. The van der Waals surface area contributed by atoms with Gasteiger partial charge in [0.1, 0.15) is 5.60 Å². The molecule has 0 aliphatic carbocycles. The first kappa shape index (κ1) is 21.2. The number of hydrogen-bond donors (Lipinski definition) is 2. The average Bonchev–Trinajstić information content (AvgIpc) is 2.70.